The number of primary amides is 1. The number of hydrogen-bond donors (Lipinski definition) is 2. The highest BCUT2D eigenvalue weighted by Gasteiger charge is 2.16. The van der Waals surface area contributed by atoms with Crippen LogP contribution >= 0.6 is 15.9 Å². The zero-order chi connectivity index (χ0) is 15.8. The number of methoxy groups -OCH3 is 1. The number of anilines is 1. The molecule has 3 N–H and O–H groups in total. The second-order valence-corrected chi connectivity index (χ2v) is 6.05. The Morgan fingerprint density at radius 2 is 2.19 bits per heavy atom. The number of nitrogens with two attached hydrogens (primary N) is 1. The summed E-state index contributed by atoms with van der Waals surface area (Å²) >= 11 is 3.49. The maximum absolute atomic E-state index is 11.3. The van der Waals surface area contributed by atoms with Gasteiger partial charge in [0.05, 0.1) is 13.2 Å². The number of rotatable bonds is 9. The van der Waals surface area contributed by atoms with Crippen LogP contribution in [0, 0.1) is 0 Å². The standard InChI is InChI=1S/C15H24BrN3O2/c1-11(2)19(10-15(17)20)14-5-4-13(16)8-12(14)9-18-6-7-21-3/h4-5,8,11,18H,6-7,9-10H2,1-3H3,(H2,17,20). The first-order chi connectivity index (χ1) is 9.95. The summed E-state index contributed by atoms with van der Waals surface area (Å²) in [5, 5.41) is 3.33. The zero-order valence-corrected chi connectivity index (χ0v) is 14.4. The summed E-state index contributed by atoms with van der Waals surface area (Å²) in [4.78, 5) is 13.3. The molecular weight excluding hydrogens is 334 g/mol. The van der Waals surface area contributed by atoms with Crippen LogP contribution < -0.4 is 16.0 Å². The third kappa shape index (κ3) is 6.03. The number of benzene rings is 1. The minimum atomic E-state index is -0.329. The van der Waals surface area contributed by atoms with Gasteiger partial charge in [0.15, 0.2) is 0 Å². The maximum Gasteiger partial charge on any atom is 0.236 e. The fourth-order valence-corrected chi connectivity index (χ4v) is 2.50. The van der Waals surface area contributed by atoms with Gasteiger partial charge < -0.3 is 20.7 Å². The van der Waals surface area contributed by atoms with Crippen LogP contribution in [0.1, 0.15) is 19.4 Å². The third-order valence-electron chi connectivity index (χ3n) is 3.10. The molecule has 1 aromatic carbocycles. The van der Waals surface area contributed by atoms with Gasteiger partial charge in [0.1, 0.15) is 0 Å². The molecule has 5 nitrogen and oxygen atoms in total. The molecule has 0 saturated carbocycles. The third-order valence-corrected chi connectivity index (χ3v) is 3.59. The largest absolute Gasteiger partial charge is 0.383 e. The normalized spacial score (nSPS) is 10.9. The molecule has 0 heterocycles. The molecule has 1 amide bonds. The number of carbonyl (C=O) groups excluding carboxylic acids is 1. The van der Waals surface area contributed by atoms with Gasteiger partial charge in [0.2, 0.25) is 5.91 Å². The summed E-state index contributed by atoms with van der Waals surface area (Å²) in [6, 6.07) is 6.24. The molecule has 118 valence electrons. The van der Waals surface area contributed by atoms with Crippen molar-refractivity contribution in [3.05, 3.63) is 28.2 Å². The molecule has 0 bridgehead atoms. The molecule has 1 rings (SSSR count). The Labute approximate surface area is 135 Å². The van der Waals surface area contributed by atoms with Crippen molar-refractivity contribution in [3.8, 4) is 0 Å². The van der Waals surface area contributed by atoms with E-state index in [0.717, 1.165) is 22.3 Å². The van der Waals surface area contributed by atoms with Gasteiger partial charge in [0.25, 0.3) is 0 Å². The van der Waals surface area contributed by atoms with Crippen molar-refractivity contribution in [2.45, 2.75) is 26.4 Å². The van der Waals surface area contributed by atoms with Crippen molar-refractivity contribution in [2.24, 2.45) is 5.73 Å². The molecule has 0 aliphatic rings. The second-order valence-electron chi connectivity index (χ2n) is 5.13. The predicted molar refractivity (Wildman–Crippen MR) is 89.4 cm³/mol. The number of halogens is 1. The van der Waals surface area contributed by atoms with E-state index in [2.05, 4.69) is 27.3 Å². The highest BCUT2D eigenvalue weighted by Crippen LogP contribution is 2.26. The van der Waals surface area contributed by atoms with Crippen molar-refractivity contribution >= 4 is 27.5 Å². The molecule has 0 spiro atoms. The smallest absolute Gasteiger partial charge is 0.236 e. The topological polar surface area (TPSA) is 67.6 Å². The van der Waals surface area contributed by atoms with E-state index >= 15 is 0 Å². The first kappa shape index (κ1) is 17.9. The van der Waals surface area contributed by atoms with Crippen molar-refractivity contribution < 1.29 is 9.53 Å². The van der Waals surface area contributed by atoms with Gasteiger partial charge >= 0.3 is 0 Å². The van der Waals surface area contributed by atoms with Crippen LogP contribution in [0.25, 0.3) is 0 Å². The lowest BCUT2D eigenvalue weighted by atomic mass is 10.1. The maximum atomic E-state index is 11.3. The number of hydrogen-bond acceptors (Lipinski definition) is 4. The molecular formula is C15H24BrN3O2. The summed E-state index contributed by atoms with van der Waals surface area (Å²) in [5.41, 5.74) is 7.51. The molecule has 0 atom stereocenters. The van der Waals surface area contributed by atoms with Gasteiger partial charge in [-0.1, -0.05) is 15.9 Å². The molecule has 0 aromatic heterocycles. The summed E-state index contributed by atoms with van der Waals surface area (Å²) < 4.78 is 6.04. The number of ether oxygens (including phenoxy) is 1. The van der Waals surface area contributed by atoms with Gasteiger partial charge in [-0.25, -0.2) is 0 Å². The molecule has 6 heteroatoms. The molecule has 0 fully saturated rings. The number of nitrogens with one attached hydrogen (secondary N) is 1. The molecule has 1 aromatic rings. The van der Waals surface area contributed by atoms with Crippen LogP contribution in [0.15, 0.2) is 22.7 Å². The van der Waals surface area contributed by atoms with Gasteiger partial charge in [-0.2, -0.15) is 0 Å². The van der Waals surface area contributed by atoms with Crippen LogP contribution in [-0.4, -0.2) is 38.8 Å². The number of amides is 1. The summed E-state index contributed by atoms with van der Waals surface area (Å²) in [6.45, 7) is 6.46. The zero-order valence-electron chi connectivity index (χ0n) is 12.9. The van der Waals surface area contributed by atoms with Crippen LogP contribution in [0.2, 0.25) is 0 Å². The lowest BCUT2D eigenvalue weighted by Gasteiger charge is -2.30. The molecule has 0 saturated heterocycles. The average molecular weight is 358 g/mol. The van der Waals surface area contributed by atoms with Crippen molar-refractivity contribution in [1.82, 2.24) is 5.32 Å². The number of nitrogens with zero attached hydrogens (tertiary/aromatic N) is 1. The Kier molecular flexibility index (Phi) is 7.71. The van der Waals surface area contributed by atoms with Crippen molar-refractivity contribution in [3.63, 3.8) is 0 Å². The SMILES string of the molecule is COCCNCc1cc(Br)ccc1N(CC(N)=O)C(C)C. The quantitative estimate of drug-likeness (QED) is 0.662. The molecule has 21 heavy (non-hydrogen) atoms. The monoisotopic (exact) mass is 357 g/mol. The summed E-state index contributed by atoms with van der Waals surface area (Å²) in [7, 11) is 1.68. The van der Waals surface area contributed by atoms with E-state index in [1.54, 1.807) is 7.11 Å². The Hall–Kier alpha value is -1.11. The number of carbonyl (C=O) groups is 1. The molecule has 0 aliphatic carbocycles. The van der Waals surface area contributed by atoms with Gasteiger partial charge in [0, 0.05) is 36.4 Å². The lowest BCUT2D eigenvalue weighted by molar-refractivity contribution is -0.116. The van der Waals surface area contributed by atoms with Crippen LogP contribution in [0.5, 0.6) is 0 Å². The fourth-order valence-electron chi connectivity index (χ4n) is 2.09. The van der Waals surface area contributed by atoms with Crippen LogP contribution in [-0.2, 0) is 16.1 Å². The van der Waals surface area contributed by atoms with Crippen molar-refractivity contribution in [2.75, 3.05) is 31.7 Å². The van der Waals surface area contributed by atoms with E-state index in [0.29, 0.717) is 13.2 Å². The molecule has 0 aliphatic heterocycles. The lowest BCUT2D eigenvalue weighted by Crippen LogP contribution is -2.39. The van der Waals surface area contributed by atoms with E-state index in [9.17, 15) is 4.79 Å². The van der Waals surface area contributed by atoms with E-state index in [1.807, 2.05) is 30.9 Å². The Balaban J connectivity index is 2.94. The van der Waals surface area contributed by atoms with Crippen LogP contribution in [0.3, 0.4) is 0 Å². The summed E-state index contributed by atoms with van der Waals surface area (Å²) in [5.74, 6) is -0.329. The minimum Gasteiger partial charge on any atom is -0.383 e. The van der Waals surface area contributed by atoms with Gasteiger partial charge in [-0.15, -0.1) is 0 Å². The summed E-state index contributed by atoms with van der Waals surface area (Å²) in [6.07, 6.45) is 0. The minimum absolute atomic E-state index is 0.191. The van der Waals surface area contributed by atoms with E-state index in [-0.39, 0.29) is 18.5 Å². The fraction of sp³-hybridized carbons (Fsp3) is 0.533. The first-order valence-corrected chi connectivity index (χ1v) is 7.78. The van der Waals surface area contributed by atoms with E-state index in [1.165, 1.54) is 0 Å². The van der Waals surface area contributed by atoms with Gasteiger partial charge in [-0.05, 0) is 37.6 Å². The molecule has 0 radical (unpaired) electrons. The Morgan fingerprint density at radius 1 is 1.48 bits per heavy atom. The van der Waals surface area contributed by atoms with Crippen molar-refractivity contribution in [1.29, 1.82) is 0 Å². The Bertz CT molecular complexity index is 466. The van der Waals surface area contributed by atoms with E-state index in [4.69, 9.17) is 10.5 Å². The molecule has 0 unspecified atom stereocenters. The highest BCUT2D eigenvalue weighted by atomic mass is 79.9. The second kappa shape index (κ2) is 9.02. The first-order valence-electron chi connectivity index (χ1n) is 6.98. The predicted octanol–water partition coefficient (Wildman–Crippen LogP) is 1.89. The van der Waals surface area contributed by atoms with E-state index < -0.39 is 0 Å². The average Bonchev–Trinajstić information content (AvgIpc) is 2.41. The van der Waals surface area contributed by atoms with Gasteiger partial charge in [-0.3, -0.25) is 4.79 Å². The highest BCUT2D eigenvalue weighted by molar-refractivity contribution is 9.10. The Morgan fingerprint density at radius 3 is 2.76 bits per heavy atom. The van der Waals surface area contributed by atoms with Crippen LogP contribution in [0.4, 0.5) is 5.69 Å².